The van der Waals surface area contributed by atoms with Crippen LogP contribution in [0.5, 0.6) is 0 Å². The molecule has 0 spiro atoms. The van der Waals surface area contributed by atoms with Gasteiger partial charge in [0, 0.05) is 11.1 Å². The standard InChI is InChI=1S/C16H23NO3S/c1-3-9-17-14(12-21(18,19)10-4-2)16-11-13-7-5-6-8-15(13)20-16/h5-8,11,14,17H,3-4,9-10,12H2,1-2H3. The van der Waals surface area contributed by atoms with E-state index in [4.69, 9.17) is 4.42 Å². The van der Waals surface area contributed by atoms with Crippen LogP contribution in [0.1, 0.15) is 38.5 Å². The molecule has 1 aromatic heterocycles. The van der Waals surface area contributed by atoms with E-state index >= 15 is 0 Å². The maximum absolute atomic E-state index is 12.1. The van der Waals surface area contributed by atoms with Crippen molar-refractivity contribution in [2.24, 2.45) is 0 Å². The third-order valence-corrected chi connectivity index (χ3v) is 5.24. The maximum atomic E-state index is 12.1. The summed E-state index contributed by atoms with van der Waals surface area (Å²) in [7, 11) is -3.07. The molecule has 1 aromatic carbocycles. The van der Waals surface area contributed by atoms with Gasteiger partial charge in [-0.05, 0) is 31.5 Å². The molecule has 1 unspecified atom stereocenters. The molecule has 0 aliphatic carbocycles. The number of hydrogen-bond donors (Lipinski definition) is 1. The molecule has 0 saturated heterocycles. The zero-order valence-electron chi connectivity index (χ0n) is 12.6. The summed E-state index contributed by atoms with van der Waals surface area (Å²) in [6.45, 7) is 4.71. The first-order valence-electron chi connectivity index (χ1n) is 7.48. The molecular formula is C16H23NO3S. The fourth-order valence-corrected chi connectivity index (χ4v) is 3.96. The summed E-state index contributed by atoms with van der Waals surface area (Å²) < 4.78 is 30.0. The van der Waals surface area contributed by atoms with Gasteiger partial charge in [-0.2, -0.15) is 0 Å². The Balaban J connectivity index is 2.26. The normalized spacial score (nSPS) is 13.6. The Morgan fingerprint density at radius 3 is 2.62 bits per heavy atom. The first-order valence-corrected chi connectivity index (χ1v) is 9.30. The SMILES string of the molecule is CCCNC(CS(=O)(=O)CCC)c1cc2ccccc2o1. The van der Waals surface area contributed by atoms with E-state index in [9.17, 15) is 8.42 Å². The molecule has 1 heterocycles. The van der Waals surface area contributed by atoms with Crippen molar-refractivity contribution < 1.29 is 12.8 Å². The maximum Gasteiger partial charge on any atom is 0.152 e. The third kappa shape index (κ3) is 4.32. The highest BCUT2D eigenvalue weighted by molar-refractivity contribution is 7.91. The van der Waals surface area contributed by atoms with Gasteiger partial charge in [-0.15, -0.1) is 0 Å². The van der Waals surface area contributed by atoms with Crippen molar-refractivity contribution in [3.63, 3.8) is 0 Å². The van der Waals surface area contributed by atoms with Crippen molar-refractivity contribution >= 4 is 20.8 Å². The second-order valence-electron chi connectivity index (χ2n) is 5.31. The van der Waals surface area contributed by atoms with E-state index < -0.39 is 9.84 Å². The molecule has 4 nitrogen and oxygen atoms in total. The van der Waals surface area contributed by atoms with E-state index in [1.54, 1.807) is 0 Å². The minimum atomic E-state index is -3.07. The lowest BCUT2D eigenvalue weighted by Gasteiger charge is -2.16. The van der Waals surface area contributed by atoms with E-state index in [1.165, 1.54) is 0 Å². The topological polar surface area (TPSA) is 59.3 Å². The van der Waals surface area contributed by atoms with Crippen LogP contribution in [0.4, 0.5) is 0 Å². The molecule has 116 valence electrons. The minimum absolute atomic E-state index is 0.0840. The van der Waals surface area contributed by atoms with Crippen LogP contribution < -0.4 is 5.32 Å². The summed E-state index contributed by atoms with van der Waals surface area (Å²) in [5.74, 6) is 1.00. The van der Waals surface area contributed by atoms with Crippen LogP contribution in [0.3, 0.4) is 0 Å². The minimum Gasteiger partial charge on any atom is -0.459 e. The van der Waals surface area contributed by atoms with Crippen LogP contribution in [-0.2, 0) is 9.84 Å². The lowest BCUT2D eigenvalue weighted by Crippen LogP contribution is -2.29. The van der Waals surface area contributed by atoms with E-state index in [-0.39, 0.29) is 17.5 Å². The summed E-state index contributed by atoms with van der Waals surface area (Å²) in [5.41, 5.74) is 0.795. The van der Waals surface area contributed by atoms with Crippen molar-refractivity contribution in [1.29, 1.82) is 0 Å². The number of sulfone groups is 1. The van der Waals surface area contributed by atoms with Gasteiger partial charge in [0.15, 0.2) is 9.84 Å². The Bertz CT molecular complexity index is 643. The Hall–Kier alpha value is -1.33. The number of furan rings is 1. The lowest BCUT2D eigenvalue weighted by molar-refractivity contribution is 0.449. The second-order valence-corrected chi connectivity index (χ2v) is 7.54. The zero-order valence-corrected chi connectivity index (χ0v) is 13.4. The van der Waals surface area contributed by atoms with Crippen molar-refractivity contribution in [1.82, 2.24) is 5.32 Å². The molecule has 0 aliphatic heterocycles. The predicted octanol–water partition coefficient (Wildman–Crippen LogP) is 3.30. The van der Waals surface area contributed by atoms with E-state index in [0.29, 0.717) is 12.2 Å². The van der Waals surface area contributed by atoms with Crippen LogP contribution in [0, 0.1) is 0 Å². The van der Waals surface area contributed by atoms with Crippen molar-refractivity contribution in [3.8, 4) is 0 Å². The van der Waals surface area contributed by atoms with Crippen LogP contribution in [0.2, 0.25) is 0 Å². The summed E-state index contributed by atoms with van der Waals surface area (Å²) in [4.78, 5) is 0. The number of benzene rings is 1. The van der Waals surface area contributed by atoms with E-state index in [0.717, 1.165) is 23.9 Å². The number of fused-ring (bicyclic) bond motifs is 1. The van der Waals surface area contributed by atoms with Gasteiger partial charge in [-0.1, -0.05) is 32.0 Å². The smallest absolute Gasteiger partial charge is 0.152 e. The number of nitrogens with one attached hydrogen (secondary N) is 1. The molecule has 0 aliphatic rings. The highest BCUT2D eigenvalue weighted by Gasteiger charge is 2.22. The summed E-state index contributed by atoms with van der Waals surface area (Å²) in [5, 5.41) is 4.29. The molecule has 0 fully saturated rings. The molecule has 1 atom stereocenters. The number of para-hydroxylation sites is 1. The van der Waals surface area contributed by atoms with Gasteiger partial charge >= 0.3 is 0 Å². The van der Waals surface area contributed by atoms with Gasteiger partial charge in [-0.25, -0.2) is 8.42 Å². The molecule has 0 saturated carbocycles. The Kier molecular flexibility index (Phi) is 5.42. The van der Waals surface area contributed by atoms with Gasteiger partial charge in [-0.3, -0.25) is 0 Å². The van der Waals surface area contributed by atoms with Crippen LogP contribution in [-0.4, -0.2) is 26.5 Å². The van der Waals surface area contributed by atoms with E-state index in [2.05, 4.69) is 12.2 Å². The predicted molar refractivity (Wildman–Crippen MR) is 86.2 cm³/mol. The van der Waals surface area contributed by atoms with Crippen molar-refractivity contribution in [2.75, 3.05) is 18.1 Å². The number of rotatable bonds is 8. The summed E-state index contributed by atoms with van der Waals surface area (Å²) in [6, 6.07) is 9.39. The molecule has 21 heavy (non-hydrogen) atoms. The fraction of sp³-hybridized carbons (Fsp3) is 0.500. The molecule has 2 aromatic rings. The molecule has 0 radical (unpaired) electrons. The Morgan fingerprint density at radius 2 is 1.95 bits per heavy atom. The molecule has 5 heteroatoms. The lowest BCUT2D eigenvalue weighted by atomic mass is 10.2. The van der Waals surface area contributed by atoms with Crippen molar-refractivity contribution in [2.45, 2.75) is 32.7 Å². The summed E-state index contributed by atoms with van der Waals surface area (Å²) in [6.07, 6.45) is 1.59. The molecule has 0 amide bonds. The third-order valence-electron chi connectivity index (χ3n) is 3.36. The van der Waals surface area contributed by atoms with Crippen LogP contribution in [0.25, 0.3) is 11.0 Å². The molecule has 1 N–H and O–H groups in total. The first-order chi connectivity index (χ1) is 10.1. The Labute approximate surface area is 126 Å². The second kappa shape index (κ2) is 7.09. The van der Waals surface area contributed by atoms with Gasteiger partial charge in [0.1, 0.15) is 11.3 Å². The molecular weight excluding hydrogens is 286 g/mol. The molecule has 2 rings (SSSR count). The highest BCUT2D eigenvalue weighted by Crippen LogP contribution is 2.25. The van der Waals surface area contributed by atoms with Crippen LogP contribution >= 0.6 is 0 Å². The van der Waals surface area contributed by atoms with Gasteiger partial charge in [0.2, 0.25) is 0 Å². The fourth-order valence-electron chi connectivity index (χ4n) is 2.38. The zero-order chi connectivity index (χ0) is 15.3. The number of hydrogen-bond acceptors (Lipinski definition) is 4. The highest BCUT2D eigenvalue weighted by atomic mass is 32.2. The van der Waals surface area contributed by atoms with Crippen LogP contribution in [0.15, 0.2) is 34.7 Å². The van der Waals surface area contributed by atoms with Gasteiger partial charge in [0.05, 0.1) is 11.8 Å². The average molecular weight is 309 g/mol. The first kappa shape index (κ1) is 16.0. The van der Waals surface area contributed by atoms with Gasteiger partial charge < -0.3 is 9.73 Å². The monoisotopic (exact) mass is 309 g/mol. The average Bonchev–Trinajstić information content (AvgIpc) is 2.87. The largest absolute Gasteiger partial charge is 0.459 e. The van der Waals surface area contributed by atoms with E-state index in [1.807, 2.05) is 37.3 Å². The molecule has 0 bridgehead atoms. The summed E-state index contributed by atoms with van der Waals surface area (Å²) >= 11 is 0. The Morgan fingerprint density at radius 1 is 1.19 bits per heavy atom. The quantitative estimate of drug-likeness (QED) is 0.813. The van der Waals surface area contributed by atoms with Gasteiger partial charge in [0.25, 0.3) is 0 Å². The van der Waals surface area contributed by atoms with Crippen molar-refractivity contribution in [3.05, 3.63) is 36.1 Å².